The number of aryl methyl sites for hydroxylation is 1. The summed E-state index contributed by atoms with van der Waals surface area (Å²) in [6, 6.07) is 5.61. The lowest BCUT2D eigenvalue weighted by molar-refractivity contribution is -0.192. The Morgan fingerprint density at radius 2 is 1.91 bits per heavy atom. The molecular formula is C19H26F3N3O6S. The molecule has 2 aliphatic rings. The maximum atomic E-state index is 12.6. The number of aliphatic carboxylic acids is 1. The van der Waals surface area contributed by atoms with Crippen LogP contribution in [-0.4, -0.2) is 90.8 Å². The molecule has 1 unspecified atom stereocenters. The Bertz CT molecular complexity index is 946. The SMILES string of the molecule is Cc1cccc(COCC2CCS(=O)(=O)C23CN(C(=O)N(C)C)C3)n1.O=C(O)C(F)(F)F. The first-order valence-corrected chi connectivity index (χ1v) is 11.3. The molecular weight excluding hydrogens is 455 g/mol. The summed E-state index contributed by atoms with van der Waals surface area (Å²) in [5.74, 6) is -2.66. The second-order valence-corrected chi connectivity index (χ2v) is 10.4. The number of alkyl halides is 3. The van der Waals surface area contributed by atoms with Crippen LogP contribution in [0.1, 0.15) is 17.8 Å². The summed E-state index contributed by atoms with van der Waals surface area (Å²) in [6.07, 6.45) is -4.49. The molecule has 0 saturated carbocycles. The number of amides is 2. The van der Waals surface area contributed by atoms with E-state index in [1.807, 2.05) is 25.1 Å². The summed E-state index contributed by atoms with van der Waals surface area (Å²) in [5.41, 5.74) is 1.77. The molecule has 3 rings (SSSR count). The minimum atomic E-state index is -5.08. The van der Waals surface area contributed by atoms with Crippen molar-refractivity contribution in [2.45, 2.75) is 30.9 Å². The summed E-state index contributed by atoms with van der Waals surface area (Å²) < 4.78 is 61.8. The molecule has 180 valence electrons. The number of nitrogens with zero attached hydrogens (tertiary/aromatic N) is 3. The molecule has 32 heavy (non-hydrogen) atoms. The van der Waals surface area contributed by atoms with Crippen molar-refractivity contribution in [2.75, 3.05) is 39.5 Å². The van der Waals surface area contributed by atoms with Gasteiger partial charge in [-0.05, 0) is 25.5 Å². The quantitative estimate of drug-likeness (QED) is 0.696. The predicted molar refractivity (Wildman–Crippen MR) is 108 cm³/mol. The van der Waals surface area contributed by atoms with Gasteiger partial charge >= 0.3 is 18.2 Å². The average Bonchev–Trinajstić information content (AvgIpc) is 2.90. The highest BCUT2D eigenvalue weighted by Crippen LogP contribution is 2.45. The maximum Gasteiger partial charge on any atom is 0.490 e. The van der Waals surface area contributed by atoms with E-state index in [-0.39, 0.29) is 30.8 Å². The lowest BCUT2D eigenvalue weighted by Crippen LogP contribution is -2.69. The second kappa shape index (κ2) is 9.61. The van der Waals surface area contributed by atoms with E-state index in [1.54, 1.807) is 19.0 Å². The number of hydrogen-bond acceptors (Lipinski definition) is 6. The summed E-state index contributed by atoms with van der Waals surface area (Å²) in [4.78, 5) is 28.4. The standard InChI is InChI=1S/C17H25N3O4S.C2HF3O2/c1-13-5-4-6-15(18-13)10-24-9-14-7-8-25(22,23)17(14)11-20(12-17)16(21)19(2)3;3-2(4,5)1(6)7/h4-6,14H,7-12H2,1-3H3;(H,6,7). The lowest BCUT2D eigenvalue weighted by atomic mass is 9.84. The van der Waals surface area contributed by atoms with Gasteiger partial charge in [0.05, 0.1) is 24.7 Å². The van der Waals surface area contributed by atoms with E-state index in [1.165, 1.54) is 4.90 Å². The highest BCUT2D eigenvalue weighted by molar-refractivity contribution is 7.93. The van der Waals surface area contributed by atoms with Gasteiger partial charge in [-0.3, -0.25) is 4.98 Å². The highest BCUT2D eigenvalue weighted by Gasteiger charge is 2.62. The summed E-state index contributed by atoms with van der Waals surface area (Å²) in [6.45, 7) is 3.20. The maximum absolute atomic E-state index is 12.6. The molecule has 0 aliphatic carbocycles. The van der Waals surface area contributed by atoms with Crippen molar-refractivity contribution in [3.8, 4) is 0 Å². The zero-order chi connectivity index (χ0) is 24.3. The van der Waals surface area contributed by atoms with Gasteiger partial charge in [0.15, 0.2) is 9.84 Å². The number of carboxylic acids is 1. The van der Waals surface area contributed by atoms with E-state index in [9.17, 15) is 26.4 Å². The van der Waals surface area contributed by atoms with Crippen molar-refractivity contribution >= 4 is 21.8 Å². The van der Waals surface area contributed by atoms with Crippen molar-refractivity contribution < 1.29 is 41.0 Å². The number of halogens is 3. The van der Waals surface area contributed by atoms with Crippen molar-refractivity contribution in [2.24, 2.45) is 5.92 Å². The fourth-order valence-corrected chi connectivity index (χ4v) is 6.11. The van der Waals surface area contributed by atoms with Gasteiger partial charge < -0.3 is 19.6 Å². The lowest BCUT2D eigenvalue weighted by Gasteiger charge is -2.50. The van der Waals surface area contributed by atoms with Crippen LogP contribution in [0, 0.1) is 12.8 Å². The van der Waals surface area contributed by atoms with Crippen molar-refractivity contribution in [3.63, 3.8) is 0 Å². The van der Waals surface area contributed by atoms with Crippen LogP contribution >= 0.6 is 0 Å². The third kappa shape index (κ3) is 5.68. The second-order valence-electron chi connectivity index (χ2n) is 7.99. The molecule has 3 heterocycles. The van der Waals surface area contributed by atoms with Gasteiger partial charge in [0.2, 0.25) is 0 Å². The van der Waals surface area contributed by atoms with Crippen LogP contribution in [0.2, 0.25) is 0 Å². The Balaban J connectivity index is 0.000000451. The van der Waals surface area contributed by atoms with Crippen molar-refractivity contribution in [3.05, 3.63) is 29.6 Å². The minimum absolute atomic E-state index is 0.0754. The Morgan fingerprint density at radius 1 is 1.31 bits per heavy atom. The summed E-state index contributed by atoms with van der Waals surface area (Å²) >= 11 is 0. The Morgan fingerprint density at radius 3 is 2.41 bits per heavy atom. The molecule has 2 saturated heterocycles. The van der Waals surface area contributed by atoms with E-state index in [0.29, 0.717) is 19.6 Å². The number of rotatable bonds is 4. The summed E-state index contributed by atoms with van der Waals surface area (Å²) in [5, 5.41) is 7.12. The number of urea groups is 1. The topological polar surface area (TPSA) is 117 Å². The van der Waals surface area contributed by atoms with Crippen molar-refractivity contribution in [1.29, 1.82) is 0 Å². The molecule has 1 spiro atoms. The highest BCUT2D eigenvalue weighted by atomic mass is 32.2. The number of aromatic nitrogens is 1. The monoisotopic (exact) mass is 481 g/mol. The Kier molecular flexibility index (Phi) is 7.76. The Labute approximate surface area is 184 Å². The number of likely N-dealkylation sites (tertiary alicyclic amines) is 1. The minimum Gasteiger partial charge on any atom is -0.475 e. The van der Waals surface area contributed by atoms with E-state index in [0.717, 1.165) is 11.4 Å². The largest absolute Gasteiger partial charge is 0.490 e. The summed E-state index contributed by atoms with van der Waals surface area (Å²) in [7, 11) is 0.144. The number of pyridine rings is 1. The average molecular weight is 481 g/mol. The molecule has 9 nitrogen and oxygen atoms in total. The molecule has 1 aromatic rings. The van der Waals surface area contributed by atoms with Gasteiger partial charge in [-0.25, -0.2) is 18.0 Å². The number of carbonyl (C=O) groups excluding carboxylic acids is 1. The molecule has 1 aromatic heterocycles. The van der Waals surface area contributed by atoms with Gasteiger partial charge in [0.1, 0.15) is 4.75 Å². The third-order valence-corrected chi connectivity index (χ3v) is 8.03. The Hall–Kier alpha value is -2.41. The predicted octanol–water partition coefficient (Wildman–Crippen LogP) is 1.71. The zero-order valence-electron chi connectivity index (χ0n) is 17.9. The van der Waals surface area contributed by atoms with E-state index in [2.05, 4.69) is 4.98 Å². The first kappa shape index (κ1) is 25.8. The first-order valence-electron chi connectivity index (χ1n) is 9.68. The van der Waals surface area contributed by atoms with Gasteiger partial charge in [-0.2, -0.15) is 13.2 Å². The van der Waals surface area contributed by atoms with Gasteiger partial charge in [0.25, 0.3) is 0 Å². The first-order chi connectivity index (χ1) is 14.7. The van der Waals surface area contributed by atoms with Crippen LogP contribution in [0.25, 0.3) is 0 Å². The molecule has 2 aliphatic heterocycles. The van der Waals surface area contributed by atoms with Crippen molar-refractivity contribution in [1.82, 2.24) is 14.8 Å². The number of carbonyl (C=O) groups is 2. The van der Waals surface area contributed by atoms with E-state index < -0.39 is 26.7 Å². The van der Waals surface area contributed by atoms with Crippen LogP contribution in [0.3, 0.4) is 0 Å². The normalized spacial score (nSPS) is 20.8. The molecule has 1 atom stereocenters. The van der Waals surface area contributed by atoms with Crippen LogP contribution in [0.4, 0.5) is 18.0 Å². The third-order valence-electron chi connectivity index (χ3n) is 5.43. The van der Waals surface area contributed by atoms with E-state index >= 15 is 0 Å². The number of sulfone groups is 1. The fraction of sp³-hybridized carbons (Fsp3) is 0.632. The molecule has 13 heteroatoms. The molecule has 0 radical (unpaired) electrons. The van der Waals surface area contributed by atoms with Crippen LogP contribution in [0.15, 0.2) is 18.2 Å². The van der Waals surface area contributed by atoms with Gasteiger partial charge in [-0.15, -0.1) is 0 Å². The number of carboxylic acid groups (broad SMARTS) is 1. The molecule has 2 fully saturated rings. The zero-order valence-corrected chi connectivity index (χ0v) is 18.7. The molecule has 2 amide bonds. The molecule has 0 aromatic carbocycles. The van der Waals surface area contributed by atoms with Gasteiger partial charge in [-0.1, -0.05) is 6.07 Å². The van der Waals surface area contributed by atoms with Gasteiger partial charge in [0, 0.05) is 38.8 Å². The molecule has 1 N–H and O–H groups in total. The number of hydrogen-bond donors (Lipinski definition) is 1. The van der Waals surface area contributed by atoms with Crippen LogP contribution in [-0.2, 0) is 26.0 Å². The van der Waals surface area contributed by atoms with E-state index in [4.69, 9.17) is 14.6 Å². The van der Waals surface area contributed by atoms with Crippen LogP contribution < -0.4 is 0 Å². The molecule has 0 bridgehead atoms. The van der Waals surface area contributed by atoms with Crippen LogP contribution in [0.5, 0.6) is 0 Å². The smallest absolute Gasteiger partial charge is 0.475 e. The number of ether oxygens (including phenoxy) is 1. The fourth-order valence-electron chi connectivity index (χ4n) is 3.71.